The first kappa shape index (κ1) is 21.4. The minimum Gasteiger partial charge on any atom is -0.493 e. The number of nitrogens with one attached hydrogen (secondary N) is 1. The molecule has 0 aliphatic heterocycles. The van der Waals surface area contributed by atoms with Crippen molar-refractivity contribution < 1.29 is 23.7 Å². The summed E-state index contributed by atoms with van der Waals surface area (Å²) in [5, 5.41) is 2.89. The summed E-state index contributed by atoms with van der Waals surface area (Å²) in [7, 11) is 4.67. The summed E-state index contributed by atoms with van der Waals surface area (Å²) in [6, 6.07) is 11.4. The number of hydrogen-bond acceptors (Lipinski definition) is 5. The van der Waals surface area contributed by atoms with Crippen molar-refractivity contribution in [2.75, 3.05) is 21.3 Å². The van der Waals surface area contributed by atoms with E-state index in [0.717, 1.165) is 16.9 Å². The monoisotopic (exact) mass is 387 g/mol. The molecule has 0 unspecified atom stereocenters. The van der Waals surface area contributed by atoms with E-state index in [2.05, 4.69) is 19.2 Å². The van der Waals surface area contributed by atoms with E-state index in [1.165, 1.54) is 0 Å². The summed E-state index contributed by atoms with van der Waals surface area (Å²) in [6.07, 6.45) is -0.623. The quantitative estimate of drug-likeness (QED) is 0.706. The molecule has 2 aromatic rings. The van der Waals surface area contributed by atoms with E-state index in [0.29, 0.717) is 29.7 Å². The Morgan fingerprint density at radius 1 is 0.929 bits per heavy atom. The number of amides is 1. The highest BCUT2D eigenvalue weighted by Crippen LogP contribution is 2.38. The van der Waals surface area contributed by atoms with Gasteiger partial charge in [-0.1, -0.05) is 32.0 Å². The number of methoxy groups -OCH3 is 3. The average molecular weight is 387 g/mol. The summed E-state index contributed by atoms with van der Waals surface area (Å²) in [5.74, 6) is 2.44. The zero-order chi connectivity index (χ0) is 20.7. The van der Waals surface area contributed by atoms with Crippen molar-refractivity contribution in [1.29, 1.82) is 0 Å². The molecule has 0 saturated heterocycles. The van der Waals surface area contributed by atoms with Gasteiger partial charge in [0.1, 0.15) is 5.75 Å². The lowest BCUT2D eigenvalue weighted by Crippen LogP contribution is -2.36. The van der Waals surface area contributed by atoms with Crippen LogP contribution in [0, 0.1) is 0 Å². The number of ether oxygens (including phenoxy) is 4. The maximum absolute atomic E-state index is 12.5. The zero-order valence-electron chi connectivity index (χ0n) is 17.4. The van der Waals surface area contributed by atoms with Gasteiger partial charge in [-0.3, -0.25) is 4.79 Å². The Kier molecular flexibility index (Phi) is 7.55. The predicted octanol–water partition coefficient (Wildman–Crippen LogP) is 3.92. The van der Waals surface area contributed by atoms with Crippen LogP contribution in [0.2, 0.25) is 0 Å². The van der Waals surface area contributed by atoms with Gasteiger partial charge >= 0.3 is 0 Å². The largest absolute Gasteiger partial charge is 0.493 e. The van der Waals surface area contributed by atoms with Crippen LogP contribution in [0.1, 0.15) is 37.8 Å². The first-order valence-electron chi connectivity index (χ1n) is 9.23. The topological polar surface area (TPSA) is 66.0 Å². The van der Waals surface area contributed by atoms with Crippen molar-refractivity contribution in [3.05, 3.63) is 47.5 Å². The van der Waals surface area contributed by atoms with Crippen LogP contribution >= 0.6 is 0 Å². The van der Waals surface area contributed by atoms with Crippen LogP contribution < -0.4 is 24.3 Å². The van der Waals surface area contributed by atoms with E-state index < -0.39 is 6.10 Å². The number of rotatable bonds is 9. The Morgan fingerprint density at radius 3 is 2.07 bits per heavy atom. The third kappa shape index (κ3) is 5.09. The summed E-state index contributed by atoms with van der Waals surface area (Å²) >= 11 is 0. The van der Waals surface area contributed by atoms with Gasteiger partial charge in [-0.2, -0.15) is 0 Å². The SMILES string of the molecule is COc1cc(CNC(=O)[C@@H](C)Oc2ccccc2C(C)C)cc(OC)c1OC. The second kappa shape index (κ2) is 9.88. The molecular weight excluding hydrogens is 358 g/mol. The first-order valence-corrected chi connectivity index (χ1v) is 9.23. The molecule has 0 aliphatic carbocycles. The van der Waals surface area contributed by atoms with Crippen LogP contribution in [0.3, 0.4) is 0 Å². The van der Waals surface area contributed by atoms with Crippen molar-refractivity contribution >= 4 is 5.91 Å². The third-order valence-corrected chi connectivity index (χ3v) is 4.41. The van der Waals surface area contributed by atoms with Gasteiger partial charge in [0, 0.05) is 6.54 Å². The van der Waals surface area contributed by atoms with Crippen molar-refractivity contribution in [3.8, 4) is 23.0 Å². The molecule has 6 nitrogen and oxygen atoms in total. The molecule has 0 aliphatic rings. The number of carbonyl (C=O) groups excluding carboxylic acids is 1. The first-order chi connectivity index (χ1) is 13.4. The number of hydrogen-bond donors (Lipinski definition) is 1. The number of benzene rings is 2. The van der Waals surface area contributed by atoms with Crippen molar-refractivity contribution in [1.82, 2.24) is 5.32 Å². The summed E-state index contributed by atoms with van der Waals surface area (Å²) in [4.78, 5) is 12.5. The number of para-hydroxylation sites is 1. The van der Waals surface area contributed by atoms with E-state index >= 15 is 0 Å². The molecule has 0 spiro atoms. The molecule has 1 atom stereocenters. The standard InChI is InChI=1S/C22H29NO5/c1-14(2)17-9-7-8-10-18(17)28-15(3)22(24)23-13-16-11-19(25-4)21(27-6)20(12-16)26-5/h7-12,14-15H,13H2,1-6H3,(H,23,24)/t15-/m1/s1. The Hall–Kier alpha value is -2.89. The van der Waals surface area contributed by atoms with Crippen LogP contribution in [-0.2, 0) is 11.3 Å². The molecule has 152 valence electrons. The molecule has 0 aromatic heterocycles. The smallest absolute Gasteiger partial charge is 0.261 e. The molecule has 1 N–H and O–H groups in total. The minimum absolute atomic E-state index is 0.202. The molecule has 0 bridgehead atoms. The Balaban J connectivity index is 2.06. The van der Waals surface area contributed by atoms with Gasteiger partial charge in [0.25, 0.3) is 5.91 Å². The van der Waals surface area contributed by atoms with Crippen LogP contribution in [0.4, 0.5) is 0 Å². The lowest BCUT2D eigenvalue weighted by Gasteiger charge is -2.19. The van der Waals surface area contributed by atoms with Gasteiger partial charge in [-0.15, -0.1) is 0 Å². The van der Waals surface area contributed by atoms with Crippen molar-refractivity contribution in [3.63, 3.8) is 0 Å². The fraction of sp³-hybridized carbons (Fsp3) is 0.409. The van der Waals surface area contributed by atoms with Gasteiger partial charge < -0.3 is 24.3 Å². The summed E-state index contributed by atoms with van der Waals surface area (Å²) in [5.41, 5.74) is 1.91. The van der Waals surface area contributed by atoms with Gasteiger partial charge in [0.2, 0.25) is 5.75 Å². The third-order valence-electron chi connectivity index (χ3n) is 4.41. The van der Waals surface area contributed by atoms with E-state index in [4.69, 9.17) is 18.9 Å². The van der Waals surface area contributed by atoms with E-state index in [9.17, 15) is 4.79 Å². The summed E-state index contributed by atoms with van der Waals surface area (Å²) < 4.78 is 21.9. The van der Waals surface area contributed by atoms with Crippen LogP contribution in [0.25, 0.3) is 0 Å². The lowest BCUT2D eigenvalue weighted by atomic mass is 10.0. The normalized spacial score (nSPS) is 11.7. The highest BCUT2D eigenvalue weighted by atomic mass is 16.5. The van der Waals surface area contributed by atoms with Gasteiger partial charge in [0.05, 0.1) is 21.3 Å². The Labute approximate surface area is 166 Å². The molecule has 2 aromatic carbocycles. The maximum Gasteiger partial charge on any atom is 0.261 e. The summed E-state index contributed by atoms with van der Waals surface area (Å²) in [6.45, 7) is 6.24. The van der Waals surface area contributed by atoms with Crippen LogP contribution in [-0.4, -0.2) is 33.3 Å². The fourth-order valence-corrected chi connectivity index (χ4v) is 2.88. The average Bonchev–Trinajstić information content (AvgIpc) is 2.71. The van der Waals surface area contributed by atoms with Gasteiger partial charge in [-0.05, 0) is 42.2 Å². The van der Waals surface area contributed by atoms with Crippen LogP contribution in [0.15, 0.2) is 36.4 Å². The van der Waals surface area contributed by atoms with Crippen LogP contribution in [0.5, 0.6) is 23.0 Å². The molecule has 1 amide bonds. The fourth-order valence-electron chi connectivity index (χ4n) is 2.88. The van der Waals surface area contributed by atoms with E-state index in [-0.39, 0.29) is 5.91 Å². The van der Waals surface area contributed by atoms with Gasteiger partial charge in [0.15, 0.2) is 17.6 Å². The minimum atomic E-state index is -0.623. The number of carbonyl (C=O) groups is 1. The molecule has 2 rings (SSSR count). The Bertz CT molecular complexity index is 778. The molecule has 0 radical (unpaired) electrons. The van der Waals surface area contributed by atoms with Gasteiger partial charge in [-0.25, -0.2) is 0 Å². The molecule has 0 saturated carbocycles. The van der Waals surface area contributed by atoms with Crippen molar-refractivity contribution in [2.24, 2.45) is 0 Å². The van der Waals surface area contributed by atoms with E-state index in [1.54, 1.807) is 40.4 Å². The highest BCUT2D eigenvalue weighted by molar-refractivity contribution is 5.80. The highest BCUT2D eigenvalue weighted by Gasteiger charge is 2.18. The molecule has 28 heavy (non-hydrogen) atoms. The Morgan fingerprint density at radius 2 is 1.54 bits per heavy atom. The molecule has 6 heteroatoms. The lowest BCUT2D eigenvalue weighted by molar-refractivity contribution is -0.127. The van der Waals surface area contributed by atoms with E-state index in [1.807, 2.05) is 24.3 Å². The second-order valence-electron chi connectivity index (χ2n) is 6.70. The zero-order valence-corrected chi connectivity index (χ0v) is 17.4. The molecule has 0 fully saturated rings. The van der Waals surface area contributed by atoms with Crippen molar-refractivity contribution in [2.45, 2.75) is 39.3 Å². The molecular formula is C22H29NO5. The second-order valence-corrected chi connectivity index (χ2v) is 6.70. The predicted molar refractivity (Wildman–Crippen MR) is 109 cm³/mol. The molecule has 0 heterocycles. The maximum atomic E-state index is 12.5.